The van der Waals surface area contributed by atoms with Gasteiger partial charge < -0.3 is 10.5 Å². The Bertz CT molecular complexity index is 697. The molecular weight excluding hydrogens is 286 g/mol. The van der Waals surface area contributed by atoms with E-state index < -0.39 is 0 Å². The van der Waals surface area contributed by atoms with Gasteiger partial charge in [0.2, 0.25) is 0 Å². The Morgan fingerprint density at radius 1 is 1.24 bits per heavy atom. The number of hydrogen-bond acceptors (Lipinski definition) is 3. The van der Waals surface area contributed by atoms with Crippen LogP contribution in [0.15, 0.2) is 36.4 Å². The summed E-state index contributed by atoms with van der Waals surface area (Å²) in [6.07, 6.45) is 1.55. The van der Waals surface area contributed by atoms with Crippen molar-refractivity contribution in [3.05, 3.63) is 58.1 Å². The highest BCUT2D eigenvalue weighted by molar-refractivity contribution is 6.30. The monoisotopic (exact) mass is 301 g/mol. The van der Waals surface area contributed by atoms with Crippen molar-refractivity contribution in [2.45, 2.75) is 19.3 Å². The Kier molecular flexibility index (Phi) is 3.84. The second kappa shape index (κ2) is 5.78. The van der Waals surface area contributed by atoms with Crippen LogP contribution in [0.2, 0.25) is 5.02 Å². The zero-order valence-electron chi connectivity index (χ0n) is 11.6. The third kappa shape index (κ3) is 3.19. The number of nitrogen functional groups attached to an aromatic ring is 1. The van der Waals surface area contributed by atoms with Crippen LogP contribution in [-0.2, 0) is 24.1 Å². The van der Waals surface area contributed by atoms with Crippen molar-refractivity contribution in [2.24, 2.45) is 0 Å². The predicted octanol–water partition coefficient (Wildman–Crippen LogP) is 3.21. The number of nitrogens with two attached hydrogens (primary N) is 1. The van der Waals surface area contributed by atoms with Crippen molar-refractivity contribution in [1.29, 1.82) is 0 Å². The number of halogens is 1. The van der Waals surface area contributed by atoms with E-state index in [1.54, 1.807) is 0 Å². The summed E-state index contributed by atoms with van der Waals surface area (Å²) in [6.45, 7) is 0.659. The average Bonchev–Trinajstić information content (AvgIpc) is 2.86. The van der Waals surface area contributed by atoms with Crippen molar-refractivity contribution >= 4 is 23.1 Å². The Hall–Kier alpha value is -2.00. The van der Waals surface area contributed by atoms with E-state index in [0.29, 0.717) is 30.2 Å². The second-order valence-electron chi connectivity index (χ2n) is 5.29. The summed E-state index contributed by atoms with van der Waals surface area (Å²) >= 11 is 6.11. The maximum absolute atomic E-state index is 12.3. The van der Waals surface area contributed by atoms with Crippen LogP contribution in [0, 0.1) is 0 Å². The molecule has 1 aliphatic rings. The van der Waals surface area contributed by atoms with E-state index in [1.165, 1.54) is 0 Å². The lowest BCUT2D eigenvalue weighted by atomic mass is 10.00. The standard InChI is InChI=1S/C17H16ClNO2/c18-14-8-12-4-5-21-17(12)13(9-14)10-16(20)7-11-2-1-3-15(19)6-11/h1-3,6,8-9H,4-5,7,10,19H2. The van der Waals surface area contributed by atoms with Gasteiger partial charge in [-0.2, -0.15) is 0 Å². The van der Waals surface area contributed by atoms with Gasteiger partial charge >= 0.3 is 0 Å². The molecule has 1 heterocycles. The molecule has 2 aromatic carbocycles. The minimum absolute atomic E-state index is 0.126. The van der Waals surface area contributed by atoms with E-state index in [9.17, 15) is 4.79 Å². The van der Waals surface area contributed by atoms with Crippen molar-refractivity contribution in [3.63, 3.8) is 0 Å². The van der Waals surface area contributed by atoms with E-state index in [4.69, 9.17) is 22.1 Å². The van der Waals surface area contributed by atoms with E-state index in [2.05, 4.69) is 0 Å². The van der Waals surface area contributed by atoms with Crippen LogP contribution in [0.1, 0.15) is 16.7 Å². The van der Waals surface area contributed by atoms with Crippen LogP contribution in [0.4, 0.5) is 5.69 Å². The Labute approximate surface area is 128 Å². The smallest absolute Gasteiger partial charge is 0.141 e. The lowest BCUT2D eigenvalue weighted by Crippen LogP contribution is -2.08. The number of fused-ring (bicyclic) bond motifs is 1. The molecule has 0 bridgehead atoms. The number of Topliss-reactive ketones (excluding diaryl/α,β-unsaturated/α-hetero) is 1. The maximum atomic E-state index is 12.3. The number of hydrogen-bond donors (Lipinski definition) is 1. The molecule has 4 heteroatoms. The largest absolute Gasteiger partial charge is 0.493 e. The van der Waals surface area contributed by atoms with Gasteiger partial charge in [-0.3, -0.25) is 4.79 Å². The molecule has 0 unspecified atom stereocenters. The van der Waals surface area contributed by atoms with Crippen LogP contribution < -0.4 is 10.5 Å². The lowest BCUT2D eigenvalue weighted by Gasteiger charge is -2.09. The summed E-state index contributed by atoms with van der Waals surface area (Å²) in [6, 6.07) is 11.1. The van der Waals surface area contributed by atoms with Gasteiger partial charge in [0.25, 0.3) is 0 Å². The molecule has 0 aromatic heterocycles. The number of ether oxygens (including phenoxy) is 1. The van der Waals surface area contributed by atoms with Gasteiger partial charge in [0.1, 0.15) is 11.5 Å². The van der Waals surface area contributed by atoms with E-state index in [-0.39, 0.29) is 5.78 Å². The fourth-order valence-electron chi connectivity index (χ4n) is 2.68. The minimum Gasteiger partial charge on any atom is -0.493 e. The molecule has 0 fully saturated rings. The molecule has 0 saturated heterocycles. The maximum Gasteiger partial charge on any atom is 0.141 e. The van der Waals surface area contributed by atoms with Gasteiger partial charge in [0.05, 0.1) is 6.61 Å². The van der Waals surface area contributed by atoms with E-state index in [1.807, 2.05) is 36.4 Å². The average molecular weight is 302 g/mol. The summed E-state index contributed by atoms with van der Waals surface area (Å²) < 4.78 is 5.62. The van der Waals surface area contributed by atoms with Crippen LogP contribution in [0.5, 0.6) is 5.75 Å². The summed E-state index contributed by atoms with van der Waals surface area (Å²) in [5.41, 5.74) is 9.31. The van der Waals surface area contributed by atoms with Crippen LogP contribution in [0.3, 0.4) is 0 Å². The Morgan fingerprint density at radius 2 is 2.10 bits per heavy atom. The van der Waals surface area contributed by atoms with E-state index >= 15 is 0 Å². The van der Waals surface area contributed by atoms with Crippen molar-refractivity contribution in [1.82, 2.24) is 0 Å². The third-order valence-corrected chi connectivity index (χ3v) is 3.78. The molecule has 1 aliphatic heterocycles. The molecule has 108 valence electrons. The minimum atomic E-state index is 0.126. The molecule has 3 nitrogen and oxygen atoms in total. The first kappa shape index (κ1) is 14.0. The second-order valence-corrected chi connectivity index (χ2v) is 5.73. The molecular formula is C17H16ClNO2. The SMILES string of the molecule is Nc1cccc(CC(=O)Cc2cc(Cl)cc3c2OCC3)c1. The zero-order chi connectivity index (χ0) is 14.8. The third-order valence-electron chi connectivity index (χ3n) is 3.57. The normalized spacial score (nSPS) is 12.8. The summed E-state index contributed by atoms with van der Waals surface area (Å²) in [4.78, 5) is 12.3. The number of anilines is 1. The highest BCUT2D eigenvalue weighted by Gasteiger charge is 2.19. The number of benzene rings is 2. The number of rotatable bonds is 4. The van der Waals surface area contributed by atoms with Gasteiger partial charge in [-0.1, -0.05) is 23.7 Å². The van der Waals surface area contributed by atoms with Crippen molar-refractivity contribution < 1.29 is 9.53 Å². The molecule has 0 atom stereocenters. The molecule has 3 rings (SSSR count). The first-order valence-electron chi connectivity index (χ1n) is 6.92. The number of carbonyl (C=O) groups is 1. The van der Waals surface area contributed by atoms with Gasteiger partial charge in [0.15, 0.2) is 0 Å². The van der Waals surface area contributed by atoms with Crippen LogP contribution in [-0.4, -0.2) is 12.4 Å². The van der Waals surface area contributed by atoms with Gasteiger partial charge in [0, 0.05) is 35.5 Å². The molecule has 0 saturated carbocycles. The lowest BCUT2D eigenvalue weighted by molar-refractivity contribution is -0.117. The first-order valence-corrected chi connectivity index (χ1v) is 7.30. The fraction of sp³-hybridized carbons (Fsp3) is 0.235. The number of carbonyl (C=O) groups excluding carboxylic acids is 1. The van der Waals surface area contributed by atoms with Crippen LogP contribution in [0.25, 0.3) is 0 Å². The predicted molar refractivity (Wildman–Crippen MR) is 83.9 cm³/mol. The molecule has 0 aliphatic carbocycles. The fourth-order valence-corrected chi connectivity index (χ4v) is 2.95. The van der Waals surface area contributed by atoms with Crippen molar-refractivity contribution in [2.75, 3.05) is 12.3 Å². The van der Waals surface area contributed by atoms with Gasteiger partial charge in [-0.05, 0) is 35.4 Å². The van der Waals surface area contributed by atoms with Crippen LogP contribution >= 0.6 is 11.6 Å². The quantitative estimate of drug-likeness (QED) is 0.882. The topological polar surface area (TPSA) is 52.3 Å². The first-order chi connectivity index (χ1) is 10.1. The summed E-state index contributed by atoms with van der Waals surface area (Å²) in [5, 5.41) is 0.658. The van der Waals surface area contributed by atoms with Gasteiger partial charge in [-0.25, -0.2) is 0 Å². The molecule has 0 radical (unpaired) electrons. The summed E-state index contributed by atoms with van der Waals surface area (Å²) in [7, 11) is 0. The molecule has 2 N–H and O–H groups in total. The molecule has 0 spiro atoms. The Morgan fingerprint density at radius 3 is 2.90 bits per heavy atom. The number of ketones is 1. The zero-order valence-corrected chi connectivity index (χ0v) is 12.3. The molecule has 21 heavy (non-hydrogen) atoms. The van der Waals surface area contributed by atoms with E-state index in [0.717, 1.165) is 28.9 Å². The van der Waals surface area contributed by atoms with Crippen molar-refractivity contribution in [3.8, 4) is 5.75 Å². The summed E-state index contributed by atoms with van der Waals surface area (Å²) in [5.74, 6) is 0.959. The van der Waals surface area contributed by atoms with Gasteiger partial charge in [-0.15, -0.1) is 0 Å². The highest BCUT2D eigenvalue weighted by Crippen LogP contribution is 2.33. The highest BCUT2D eigenvalue weighted by atomic mass is 35.5. The Balaban J connectivity index is 1.76. The molecule has 0 amide bonds. The molecule has 2 aromatic rings.